The van der Waals surface area contributed by atoms with Gasteiger partial charge in [0.25, 0.3) is 5.69 Å². The lowest BCUT2D eigenvalue weighted by atomic mass is 10.0. The van der Waals surface area contributed by atoms with Crippen molar-refractivity contribution < 1.29 is 9.72 Å². The Bertz CT molecular complexity index is 761. The quantitative estimate of drug-likeness (QED) is 0.271. The Morgan fingerprint density at radius 2 is 1.75 bits per heavy atom. The van der Waals surface area contributed by atoms with Crippen LogP contribution in [-0.2, 0) is 0 Å². The van der Waals surface area contributed by atoms with Crippen LogP contribution in [0, 0.1) is 10.1 Å². The van der Waals surface area contributed by atoms with E-state index >= 15 is 0 Å². The summed E-state index contributed by atoms with van der Waals surface area (Å²) in [7, 11) is 0. The second-order valence-electron chi connectivity index (χ2n) is 5.43. The van der Waals surface area contributed by atoms with E-state index in [2.05, 4.69) is 13.8 Å². The van der Waals surface area contributed by atoms with Gasteiger partial charge >= 0.3 is 0 Å². The smallest absolute Gasteiger partial charge is 0.283 e. The number of carbonyl (C=O) groups is 1. The predicted octanol–water partition coefficient (Wildman–Crippen LogP) is 5.86. The molecule has 4 nitrogen and oxygen atoms in total. The van der Waals surface area contributed by atoms with Gasteiger partial charge in [0.1, 0.15) is 0 Å². The van der Waals surface area contributed by atoms with E-state index in [-0.39, 0.29) is 11.3 Å². The van der Waals surface area contributed by atoms with Crippen LogP contribution in [0.3, 0.4) is 0 Å². The molecule has 0 saturated heterocycles. The van der Waals surface area contributed by atoms with E-state index in [1.54, 1.807) is 6.07 Å². The molecule has 0 bridgehead atoms. The SMILES string of the molecule is CC(C)c1ccc(Sc2ccc(C(=O)C(Cl)Cl)cc2[N+](=O)[O-])cc1. The first kappa shape index (κ1) is 18.8. The summed E-state index contributed by atoms with van der Waals surface area (Å²) >= 11 is 12.4. The molecule has 0 unspecified atom stereocenters. The van der Waals surface area contributed by atoms with Crippen molar-refractivity contribution in [1.82, 2.24) is 0 Å². The van der Waals surface area contributed by atoms with Crippen molar-refractivity contribution in [1.29, 1.82) is 0 Å². The monoisotopic (exact) mass is 383 g/mol. The summed E-state index contributed by atoms with van der Waals surface area (Å²) in [6, 6.07) is 12.1. The summed E-state index contributed by atoms with van der Waals surface area (Å²) in [6.07, 6.45) is 0. The first-order chi connectivity index (χ1) is 11.3. The molecular formula is C17H15Cl2NO3S. The fourth-order valence-electron chi connectivity index (χ4n) is 2.07. The van der Waals surface area contributed by atoms with Gasteiger partial charge in [-0.1, -0.05) is 60.9 Å². The molecule has 0 heterocycles. The first-order valence-electron chi connectivity index (χ1n) is 7.18. The number of halogens is 2. The molecular weight excluding hydrogens is 369 g/mol. The highest BCUT2D eigenvalue weighted by molar-refractivity contribution is 7.99. The van der Waals surface area contributed by atoms with Crippen LogP contribution in [-0.4, -0.2) is 15.5 Å². The predicted molar refractivity (Wildman–Crippen MR) is 97.6 cm³/mol. The lowest BCUT2D eigenvalue weighted by Gasteiger charge is -2.08. The molecule has 0 N–H and O–H groups in total. The standard InChI is InChI=1S/C17H15Cl2NO3S/c1-10(2)11-3-6-13(7-4-11)24-15-8-5-12(16(21)17(18)19)9-14(15)20(22)23/h3-10,17H,1-2H3. The summed E-state index contributed by atoms with van der Waals surface area (Å²) in [6.45, 7) is 4.20. The van der Waals surface area contributed by atoms with Gasteiger partial charge in [-0.05, 0) is 35.7 Å². The number of hydrogen-bond acceptors (Lipinski definition) is 4. The van der Waals surface area contributed by atoms with Crippen LogP contribution in [0.4, 0.5) is 5.69 Å². The van der Waals surface area contributed by atoms with Crippen LogP contribution < -0.4 is 0 Å². The van der Waals surface area contributed by atoms with Crippen molar-refractivity contribution in [3.8, 4) is 0 Å². The fourth-order valence-corrected chi connectivity index (χ4v) is 3.23. The van der Waals surface area contributed by atoms with Crippen LogP contribution in [0.15, 0.2) is 52.3 Å². The van der Waals surface area contributed by atoms with Crippen molar-refractivity contribution in [3.05, 3.63) is 63.7 Å². The van der Waals surface area contributed by atoms with Crippen molar-refractivity contribution in [2.75, 3.05) is 0 Å². The molecule has 24 heavy (non-hydrogen) atoms. The van der Waals surface area contributed by atoms with Gasteiger partial charge in [-0.25, -0.2) is 0 Å². The minimum Gasteiger partial charge on any atom is -0.291 e. The maximum absolute atomic E-state index is 11.8. The molecule has 0 amide bonds. The Kier molecular flexibility index (Phi) is 6.27. The minimum atomic E-state index is -1.24. The zero-order valence-electron chi connectivity index (χ0n) is 13.0. The normalized spacial score (nSPS) is 11.1. The highest BCUT2D eigenvalue weighted by Crippen LogP contribution is 2.36. The van der Waals surface area contributed by atoms with Crippen LogP contribution in [0.25, 0.3) is 0 Å². The lowest BCUT2D eigenvalue weighted by molar-refractivity contribution is -0.387. The number of nitrogens with zero attached hydrogens (tertiary/aromatic N) is 1. The molecule has 0 aliphatic rings. The molecule has 0 aromatic heterocycles. The summed E-state index contributed by atoms with van der Waals surface area (Å²) < 4.78 is 0. The van der Waals surface area contributed by atoms with Gasteiger partial charge in [0.05, 0.1) is 9.82 Å². The Balaban J connectivity index is 2.32. The Morgan fingerprint density at radius 3 is 2.25 bits per heavy atom. The van der Waals surface area contributed by atoms with E-state index in [0.29, 0.717) is 10.8 Å². The molecule has 0 aliphatic heterocycles. The number of ketones is 1. The first-order valence-corrected chi connectivity index (χ1v) is 8.87. The lowest BCUT2D eigenvalue weighted by Crippen LogP contribution is -2.08. The van der Waals surface area contributed by atoms with E-state index in [1.165, 1.54) is 29.5 Å². The second kappa shape index (κ2) is 8.01. The third-order valence-electron chi connectivity index (χ3n) is 3.41. The Hall–Kier alpha value is -1.56. The van der Waals surface area contributed by atoms with Crippen LogP contribution in [0.1, 0.15) is 35.7 Å². The molecule has 0 spiro atoms. The molecule has 0 fully saturated rings. The summed E-state index contributed by atoms with van der Waals surface area (Å²) in [5.74, 6) is -0.137. The highest BCUT2D eigenvalue weighted by Gasteiger charge is 2.21. The summed E-state index contributed by atoms with van der Waals surface area (Å²) in [5.41, 5.74) is 1.18. The number of benzene rings is 2. The molecule has 2 rings (SSSR count). The highest BCUT2D eigenvalue weighted by atomic mass is 35.5. The zero-order valence-corrected chi connectivity index (χ0v) is 15.4. The molecule has 0 atom stereocenters. The van der Waals surface area contributed by atoms with E-state index in [0.717, 1.165) is 4.90 Å². The number of nitro benzene ring substituents is 1. The van der Waals surface area contributed by atoms with Gasteiger partial charge in [-0.15, -0.1) is 0 Å². The van der Waals surface area contributed by atoms with Crippen LogP contribution in [0.2, 0.25) is 0 Å². The van der Waals surface area contributed by atoms with E-state index in [9.17, 15) is 14.9 Å². The summed E-state index contributed by atoms with van der Waals surface area (Å²) in [4.78, 5) is 22.7. The van der Waals surface area contributed by atoms with E-state index in [1.807, 2.05) is 24.3 Å². The number of carbonyl (C=O) groups excluding carboxylic acids is 1. The fraction of sp³-hybridized carbons (Fsp3) is 0.235. The van der Waals surface area contributed by atoms with Gasteiger partial charge in [0, 0.05) is 16.5 Å². The van der Waals surface area contributed by atoms with Crippen LogP contribution in [0.5, 0.6) is 0 Å². The largest absolute Gasteiger partial charge is 0.291 e. The van der Waals surface area contributed by atoms with Gasteiger partial charge in [-0.3, -0.25) is 14.9 Å². The van der Waals surface area contributed by atoms with Crippen molar-refractivity contribution in [2.24, 2.45) is 0 Å². The maximum atomic E-state index is 11.8. The number of Topliss-reactive ketones (excluding diaryl/α,β-unsaturated/α-hetero) is 1. The molecule has 2 aromatic rings. The maximum Gasteiger partial charge on any atom is 0.283 e. The number of rotatable bonds is 6. The third-order valence-corrected chi connectivity index (χ3v) is 4.88. The molecule has 7 heteroatoms. The van der Waals surface area contributed by atoms with Crippen molar-refractivity contribution in [3.63, 3.8) is 0 Å². The second-order valence-corrected chi connectivity index (χ2v) is 7.64. The third kappa shape index (κ3) is 4.50. The molecule has 2 aromatic carbocycles. The molecule has 0 saturated carbocycles. The van der Waals surface area contributed by atoms with Gasteiger partial charge < -0.3 is 0 Å². The van der Waals surface area contributed by atoms with Crippen molar-refractivity contribution >= 4 is 46.4 Å². The number of nitro groups is 1. The zero-order chi connectivity index (χ0) is 17.9. The average Bonchev–Trinajstić information content (AvgIpc) is 2.54. The van der Waals surface area contributed by atoms with Crippen LogP contribution >= 0.6 is 35.0 Å². The van der Waals surface area contributed by atoms with E-state index < -0.39 is 15.5 Å². The molecule has 126 valence electrons. The van der Waals surface area contributed by atoms with Gasteiger partial charge in [0.2, 0.25) is 0 Å². The van der Waals surface area contributed by atoms with Gasteiger partial charge in [0.15, 0.2) is 10.6 Å². The number of hydrogen-bond donors (Lipinski definition) is 0. The molecule has 0 radical (unpaired) electrons. The number of alkyl halides is 2. The Morgan fingerprint density at radius 1 is 1.12 bits per heavy atom. The van der Waals surface area contributed by atoms with Gasteiger partial charge in [-0.2, -0.15) is 0 Å². The van der Waals surface area contributed by atoms with Crippen molar-refractivity contribution in [2.45, 2.75) is 34.4 Å². The molecule has 0 aliphatic carbocycles. The Labute approximate surface area is 154 Å². The minimum absolute atomic E-state index is 0.121. The topological polar surface area (TPSA) is 60.2 Å². The summed E-state index contributed by atoms with van der Waals surface area (Å²) in [5, 5.41) is 11.3. The van der Waals surface area contributed by atoms with E-state index in [4.69, 9.17) is 23.2 Å². The average molecular weight is 384 g/mol.